The summed E-state index contributed by atoms with van der Waals surface area (Å²) in [5, 5.41) is 14.8. The van der Waals surface area contributed by atoms with Crippen molar-refractivity contribution >= 4 is 35.2 Å². The van der Waals surface area contributed by atoms with Crippen LogP contribution in [0.15, 0.2) is 78.0 Å². The molecule has 0 fully saturated rings. The Morgan fingerprint density at radius 3 is 2.35 bits per heavy atom. The van der Waals surface area contributed by atoms with E-state index in [-0.39, 0.29) is 24.1 Å². The van der Waals surface area contributed by atoms with E-state index in [1.165, 1.54) is 11.8 Å². The first kappa shape index (κ1) is 28.4. The van der Waals surface area contributed by atoms with Gasteiger partial charge in [-0.15, -0.1) is 10.2 Å². The number of carbonyl (C=O) groups excluding carboxylic acids is 3. The maximum atomic E-state index is 12.7. The second kappa shape index (κ2) is 13.4. The van der Waals surface area contributed by atoms with Crippen LogP contribution in [-0.4, -0.2) is 52.0 Å². The summed E-state index contributed by atoms with van der Waals surface area (Å²) in [5.41, 5.74) is 3.31. The highest BCUT2D eigenvalue weighted by Gasteiger charge is 2.18. The summed E-state index contributed by atoms with van der Waals surface area (Å²) in [4.78, 5) is 37.2. The van der Waals surface area contributed by atoms with Crippen molar-refractivity contribution in [2.75, 3.05) is 24.8 Å². The molecule has 206 valence electrons. The maximum Gasteiger partial charge on any atom is 0.338 e. The van der Waals surface area contributed by atoms with Crippen molar-refractivity contribution in [2.45, 2.75) is 25.5 Å². The summed E-state index contributed by atoms with van der Waals surface area (Å²) in [6, 6.07) is 21.1. The second-order valence-electron chi connectivity index (χ2n) is 8.62. The number of nitrogens with zero attached hydrogens (tertiary/aromatic N) is 3. The van der Waals surface area contributed by atoms with Crippen LogP contribution >= 0.6 is 11.8 Å². The number of rotatable bonds is 11. The molecule has 0 unspecified atom stereocenters. The van der Waals surface area contributed by atoms with Gasteiger partial charge in [0.15, 0.2) is 11.0 Å². The number of nitrogens with one attached hydrogen (secondary N) is 2. The Balaban J connectivity index is 1.44. The van der Waals surface area contributed by atoms with E-state index in [4.69, 9.17) is 9.47 Å². The molecule has 0 saturated heterocycles. The average Bonchev–Trinajstić information content (AvgIpc) is 3.38. The van der Waals surface area contributed by atoms with Crippen LogP contribution in [0, 0.1) is 6.92 Å². The third kappa shape index (κ3) is 7.26. The smallest absolute Gasteiger partial charge is 0.338 e. The maximum absolute atomic E-state index is 12.7. The summed E-state index contributed by atoms with van der Waals surface area (Å²) < 4.78 is 12.0. The number of carbonyl (C=O) groups is 3. The zero-order valence-electron chi connectivity index (χ0n) is 22.3. The lowest BCUT2D eigenvalue weighted by atomic mass is 10.2. The molecule has 0 aliphatic rings. The van der Waals surface area contributed by atoms with E-state index >= 15 is 0 Å². The van der Waals surface area contributed by atoms with Crippen LogP contribution in [0.3, 0.4) is 0 Å². The minimum Gasteiger partial charge on any atom is -0.497 e. The Bertz CT molecular complexity index is 1490. The van der Waals surface area contributed by atoms with Gasteiger partial charge in [-0.25, -0.2) is 4.79 Å². The van der Waals surface area contributed by atoms with Gasteiger partial charge in [-0.2, -0.15) is 0 Å². The van der Waals surface area contributed by atoms with Crippen molar-refractivity contribution in [3.8, 4) is 11.4 Å². The summed E-state index contributed by atoms with van der Waals surface area (Å²) in [5.74, 6) is 0.329. The number of amides is 2. The van der Waals surface area contributed by atoms with Crippen LogP contribution in [0.25, 0.3) is 5.69 Å². The number of anilines is 1. The number of ether oxygens (including phenoxy) is 2. The molecule has 10 nitrogen and oxygen atoms in total. The molecule has 0 atom stereocenters. The fourth-order valence-corrected chi connectivity index (χ4v) is 4.54. The standard InChI is InChI=1S/C29H29N5O5S/c1-4-39-28(37)21-8-12-22(13-9-21)31-26(35)18-40-29-33-32-25(34(29)23-7-5-6-19(2)16-23)17-30-27(36)20-10-14-24(38-3)15-11-20/h5-16H,4,17-18H2,1-3H3,(H,30,36)(H,31,35). The number of esters is 1. The molecule has 11 heteroatoms. The van der Waals surface area contributed by atoms with Crippen LogP contribution < -0.4 is 15.4 Å². The number of thioether (sulfide) groups is 1. The van der Waals surface area contributed by atoms with Crippen molar-refractivity contribution < 1.29 is 23.9 Å². The number of benzene rings is 3. The zero-order chi connectivity index (χ0) is 28.5. The molecule has 4 rings (SSSR count). The van der Waals surface area contributed by atoms with Gasteiger partial charge in [0.05, 0.1) is 31.6 Å². The van der Waals surface area contributed by atoms with E-state index in [0.717, 1.165) is 11.3 Å². The molecule has 0 aliphatic heterocycles. The quantitative estimate of drug-likeness (QED) is 0.204. The minimum absolute atomic E-state index is 0.0712. The van der Waals surface area contributed by atoms with Gasteiger partial charge in [0.25, 0.3) is 5.91 Å². The van der Waals surface area contributed by atoms with Crippen molar-refractivity contribution in [3.63, 3.8) is 0 Å². The van der Waals surface area contributed by atoms with E-state index in [2.05, 4.69) is 20.8 Å². The molecule has 2 amide bonds. The lowest BCUT2D eigenvalue weighted by Crippen LogP contribution is -2.24. The fraction of sp³-hybridized carbons (Fsp3) is 0.207. The molecule has 0 aliphatic carbocycles. The first-order valence-electron chi connectivity index (χ1n) is 12.5. The molecule has 1 heterocycles. The lowest BCUT2D eigenvalue weighted by Gasteiger charge is -2.12. The van der Waals surface area contributed by atoms with E-state index < -0.39 is 5.97 Å². The van der Waals surface area contributed by atoms with Gasteiger partial charge >= 0.3 is 5.97 Å². The number of hydrogen-bond acceptors (Lipinski definition) is 8. The first-order valence-corrected chi connectivity index (χ1v) is 13.5. The van der Waals surface area contributed by atoms with Gasteiger partial charge in [0.2, 0.25) is 5.91 Å². The first-order chi connectivity index (χ1) is 19.4. The Morgan fingerprint density at radius 2 is 1.68 bits per heavy atom. The third-order valence-electron chi connectivity index (χ3n) is 5.73. The molecule has 4 aromatic rings. The van der Waals surface area contributed by atoms with Crippen molar-refractivity contribution in [3.05, 3.63) is 95.3 Å². The predicted octanol–water partition coefficient (Wildman–Crippen LogP) is 4.42. The highest BCUT2D eigenvalue weighted by molar-refractivity contribution is 7.99. The molecular formula is C29H29N5O5S. The Hall–Kier alpha value is -4.64. The molecule has 0 radical (unpaired) electrons. The zero-order valence-corrected chi connectivity index (χ0v) is 23.2. The number of aromatic nitrogens is 3. The monoisotopic (exact) mass is 559 g/mol. The summed E-state index contributed by atoms with van der Waals surface area (Å²) in [6.07, 6.45) is 0. The molecule has 1 aromatic heterocycles. The Kier molecular flexibility index (Phi) is 9.53. The van der Waals surface area contributed by atoms with Gasteiger partial charge in [-0.05, 0) is 80.1 Å². The molecule has 2 N–H and O–H groups in total. The van der Waals surface area contributed by atoms with Crippen LogP contribution in [0.5, 0.6) is 5.75 Å². The molecule has 0 saturated carbocycles. The highest BCUT2D eigenvalue weighted by atomic mass is 32.2. The van der Waals surface area contributed by atoms with Crippen LogP contribution in [0.1, 0.15) is 39.0 Å². The van der Waals surface area contributed by atoms with Crippen molar-refractivity contribution in [1.82, 2.24) is 20.1 Å². The van der Waals surface area contributed by atoms with Gasteiger partial charge in [0, 0.05) is 16.9 Å². The SMILES string of the molecule is CCOC(=O)c1ccc(NC(=O)CSc2nnc(CNC(=O)c3ccc(OC)cc3)n2-c2cccc(C)c2)cc1. The number of hydrogen-bond donors (Lipinski definition) is 2. The van der Waals surface area contributed by atoms with Gasteiger partial charge in [0.1, 0.15) is 5.75 Å². The van der Waals surface area contributed by atoms with Gasteiger partial charge in [-0.1, -0.05) is 23.9 Å². The Morgan fingerprint density at radius 1 is 0.950 bits per heavy atom. The minimum atomic E-state index is -0.414. The highest BCUT2D eigenvalue weighted by Crippen LogP contribution is 2.23. The van der Waals surface area contributed by atoms with Crippen LogP contribution in [0.4, 0.5) is 5.69 Å². The van der Waals surface area contributed by atoms with Crippen LogP contribution in [0.2, 0.25) is 0 Å². The second-order valence-corrected chi connectivity index (χ2v) is 9.56. The van der Waals surface area contributed by atoms with E-state index in [1.807, 2.05) is 35.8 Å². The summed E-state index contributed by atoms with van der Waals surface area (Å²) >= 11 is 1.22. The fourth-order valence-electron chi connectivity index (χ4n) is 3.77. The predicted molar refractivity (Wildman–Crippen MR) is 152 cm³/mol. The van der Waals surface area contributed by atoms with E-state index in [0.29, 0.717) is 40.2 Å². The van der Waals surface area contributed by atoms with Crippen molar-refractivity contribution in [1.29, 1.82) is 0 Å². The van der Waals surface area contributed by atoms with Crippen molar-refractivity contribution in [2.24, 2.45) is 0 Å². The number of methoxy groups -OCH3 is 1. The third-order valence-corrected chi connectivity index (χ3v) is 6.66. The topological polar surface area (TPSA) is 124 Å². The Labute approximate surface area is 236 Å². The van der Waals surface area contributed by atoms with Gasteiger partial charge in [-0.3, -0.25) is 14.2 Å². The molecule has 40 heavy (non-hydrogen) atoms. The lowest BCUT2D eigenvalue weighted by molar-refractivity contribution is -0.113. The van der Waals surface area contributed by atoms with Gasteiger partial charge < -0.3 is 20.1 Å². The molecule has 3 aromatic carbocycles. The van der Waals surface area contributed by atoms with E-state index in [1.54, 1.807) is 62.6 Å². The molecule has 0 bridgehead atoms. The van der Waals surface area contributed by atoms with Crippen LogP contribution in [-0.2, 0) is 16.1 Å². The molecular weight excluding hydrogens is 530 g/mol. The summed E-state index contributed by atoms with van der Waals surface area (Å²) in [7, 11) is 1.57. The largest absolute Gasteiger partial charge is 0.497 e. The van der Waals surface area contributed by atoms with E-state index in [9.17, 15) is 14.4 Å². The molecule has 0 spiro atoms. The number of aryl methyl sites for hydroxylation is 1. The average molecular weight is 560 g/mol. The normalized spacial score (nSPS) is 10.6. The summed E-state index contributed by atoms with van der Waals surface area (Å²) in [6.45, 7) is 4.14.